The molecule has 5 nitrogen and oxygen atoms in total. The lowest BCUT2D eigenvalue weighted by molar-refractivity contribution is 0.292. The molecule has 0 saturated heterocycles. The number of nitrogens with zero attached hydrogens (tertiary/aromatic N) is 3. The summed E-state index contributed by atoms with van der Waals surface area (Å²) in [7, 11) is 0. The van der Waals surface area contributed by atoms with Gasteiger partial charge in [-0.3, -0.25) is 0 Å². The van der Waals surface area contributed by atoms with Gasteiger partial charge in [0.1, 0.15) is 5.76 Å². The van der Waals surface area contributed by atoms with Gasteiger partial charge < -0.3 is 8.94 Å². The molecule has 0 unspecified atom stereocenters. The third-order valence-electron chi connectivity index (χ3n) is 3.47. The van der Waals surface area contributed by atoms with Crippen LogP contribution in [0.25, 0.3) is 0 Å². The second-order valence-electron chi connectivity index (χ2n) is 6.94. The Morgan fingerprint density at radius 2 is 2.00 bits per heavy atom. The Morgan fingerprint density at radius 3 is 2.62 bits per heavy atom. The minimum Gasteiger partial charge on any atom is -0.426 e. The molecule has 0 bridgehead atoms. The lowest BCUT2D eigenvalue weighted by Crippen LogP contribution is -2.16. The van der Waals surface area contributed by atoms with Crippen LogP contribution in [0.1, 0.15) is 57.4 Å². The van der Waals surface area contributed by atoms with E-state index in [0.717, 1.165) is 37.1 Å². The fourth-order valence-electron chi connectivity index (χ4n) is 2.35. The first-order valence-corrected chi connectivity index (χ1v) is 7.57. The van der Waals surface area contributed by atoms with Crippen molar-refractivity contribution in [1.82, 2.24) is 15.4 Å². The van der Waals surface area contributed by atoms with E-state index in [9.17, 15) is 0 Å². The van der Waals surface area contributed by atoms with Gasteiger partial charge >= 0.3 is 0 Å². The summed E-state index contributed by atoms with van der Waals surface area (Å²) >= 11 is 0. The van der Waals surface area contributed by atoms with Crippen LogP contribution in [0.3, 0.4) is 0 Å². The summed E-state index contributed by atoms with van der Waals surface area (Å²) in [6, 6.07) is 2.08. The zero-order chi connectivity index (χ0) is 15.5. The minimum absolute atomic E-state index is 0.0934. The van der Waals surface area contributed by atoms with E-state index in [0.29, 0.717) is 17.7 Å². The molecule has 0 fully saturated rings. The average molecular weight is 291 g/mol. The van der Waals surface area contributed by atoms with Crippen LogP contribution in [0.15, 0.2) is 15.0 Å². The van der Waals surface area contributed by atoms with Crippen molar-refractivity contribution in [3.05, 3.63) is 29.3 Å². The number of aryl methyl sites for hydroxylation is 2. The highest BCUT2D eigenvalue weighted by Crippen LogP contribution is 2.27. The van der Waals surface area contributed by atoms with E-state index >= 15 is 0 Å². The molecule has 0 aliphatic rings. The smallest absolute Gasteiger partial charge is 0.217 e. The van der Waals surface area contributed by atoms with Crippen molar-refractivity contribution in [3.63, 3.8) is 0 Å². The van der Waals surface area contributed by atoms with Crippen LogP contribution in [0.5, 0.6) is 0 Å². The third-order valence-corrected chi connectivity index (χ3v) is 3.47. The van der Waals surface area contributed by atoms with Crippen LogP contribution >= 0.6 is 0 Å². The van der Waals surface area contributed by atoms with Gasteiger partial charge in [-0.15, -0.1) is 10.2 Å². The maximum absolute atomic E-state index is 5.46. The highest BCUT2D eigenvalue weighted by atomic mass is 16.5. The number of rotatable bonds is 7. The molecular formula is C16H25N3O2. The highest BCUT2D eigenvalue weighted by Gasteiger charge is 2.22. The highest BCUT2D eigenvalue weighted by molar-refractivity contribution is 5.06. The molecule has 0 amide bonds. The van der Waals surface area contributed by atoms with Gasteiger partial charge in [0.2, 0.25) is 11.8 Å². The number of hydrogen-bond donors (Lipinski definition) is 0. The van der Waals surface area contributed by atoms with Crippen molar-refractivity contribution >= 4 is 0 Å². The first kappa shape index (κ1) is 15.7. The van der Waals surface area contributed by atoms with Crippen LogP contribution in [0.4, 0.5) is 0 Å². The average Bonchev–Trinajstić information content (AvgIpc) is 2.95. The van der Waals surface area contributed by atoms with Crippen molar-refractivity contribution in [3.8, 4) is 0 Å². The predicted molar refractivity (Wildman–Crippen MR) is 79.9 cm³/mol. The van der Waals surface area contributed by atoms with Crippen LogP contribution in [-0.2, 0) is 19.3 Å². The zero-order valence-corrected chi connectivity index (χ0v) is 13.6. The fraction of sp³-hybridized carbons (Fsp3) is 0.688. The Hall–Kier alpha value is -1.65. The fourth-order valence-corrected chi connectivity index (χ4v) is 2.35. The summed E-state index contributed by atoms with van der Waals surface area (Å²) < 4.78 is 10.8. The SMILES string of the molecule is Cc1nnc(CC(C)(C)CCc2cc(CC(C)C)on2)o1. The van der Waals surface area contributed by atoms with Crippen LogP contribution in [0.2, 0.25) is 0 Å². The monoisotopic (exact) mass is 291 g/mol. The molecule has 2 aromatic heterocycles. The van der Waals surface area contributed by atoms with E-state index in [1.807, 2.05) is 6.92 Å². The van der Waals surface area contributed by atoms with Crippen molar-refractivity contribution < 1.29 is 8.94 Å². The Kier molecular flexibility index (Phi) is 4.80. The first-order valence-electron chi connectivity index (χ1n) is 7.57. The predicted octanol–water partition coefficient (Wildman–Crippen LogP) is 3.77. The number of aromatic nitrogens is 3. The maximum atomic E-state index is 5.46. The normalized spacial score (nSPS) is 12.3. The summed E-state index contributed by atoms with van der Waals surface area (Å²) in [5, 5.41) is 12.1. The number of hydrogen-bond acceptors (Lipinski definition) is 5. The lowest BCUT2D eigenvalue weighted by Gasteiger charge is -2.21. The molecule has 0 spiro atoms. The van der Waals surface area contributed by atoms with E-state index in [4.69, 9.17) is 8.94 Å². The van der Waals surface area contributed by atoms with Gasteiger partial charge in [-0.05, 0) is 24.2 Å². The van der Waals surface area contributed by atoms with Gasteiger partial charge in [-0.2, -0.15) is 0 Å². The maximum Gasteiger partial charge on any atom is 0.217 e. The Bertz CT molecular complexity index is 570. The Labute approximate surface area is 126 Å². The second kappa shape index (κ2) is 6.41. The molecule has 2 rings (SSSR count). The minimum atomic E-state index is 0.0934. The molecule has 0 aliphatic carbocycles. The summed E-state index contributed by atoms with van der Waals surface area (Å²) in [6.45, 7) is 10.6. The van der Waals surface area contributed by atoms with Gasteiger partial charge in [0, 0.05) is 25.8 Å². The molecule has 0 aromatic carbocycles. The van der Waals surface area contributed by atoms with Crippen molar-refractivity contribution in [1.29, 1.82) is 0 Å². The second-order valence-corrected chi connectivity index (χ2v) is 6.94. The summed E-state index contributed by atoms with van der Waals surface area (Å²) in [5.74, 6) is 2.89. The van der Waals surface area contributed by atoms with E-state index in [2.05, 4.69) is 49.1 Å². The van der Waals surface area contributed by atoms with Gasteiger partial charge in [0.15, 0.2) is 0 Å². The molecular weight excluding hydrogens is 266 g/mol. The summed E-state index contributed by atoms with van der Waals surface area (Å²) in [6.07, 6.45) is 3.63. The summed E-state index contributed by atoms with van der Waals surface area (Å²) in [5.41, 5.74) is 1.12. The largest absolute Gasteiger partial charge is 0.426 e. The summed E-state index contributed by atoms with van der Waals surface area (Å²) in [4.78, 5) is 0. The van der Waals surface area contributed by atoms with Gasteiger partial charge in [0.25, 0.3) is 0 Å². The zero-order valence-electron chi connectivity index (χ0n) is 13.6. The van der Waals surface area contributed by atoms with Crippen LogP contribution < -0.4 is 0 Å². The van der Waals surface area contributed by atoms with Crippen molar-refractivity contribution in [2.24, 2.45) is 11.3 Å². The molecule has 0 atom stereocenters. The topological polar surface area (TPSA) is 65.0 Å². The molecule has 0 radical (unpaired) electrons. The molecule has 0 aliphatic heterocycles. The van der Waals surface area contributed by atoms with E-state index < -0.39 is 0 Å². The van der Waals surface area contributed by atoms with E-state index in [1.165, 1.54) is 0 Å². The molecule has 0 N–H and O–H groups in total. The Morgan fingerprint density at radius 1 is 1.24 bits per heavy atom. The molecule has 21 heavy (non-hydrogen) atoms. The van der Waals surface area contributed by atoms with E-state index in [1.54, 1.807) is 0 Å². The molecule has 5 heteroatoms. The van der Waals surface area contributed by atoms with Crippen LogP contribution in [0, 0.1) is 18.3 Å². The molecule has 116 valence electrons. The van der Waals surface area contributed by atoms with E-state index in [-0.39, 0.29) is 5.41 Å². The van der Waals surface area contributed by atoms with Crippen molar-refractivity contribution in [2.45, 2.75) is 60.3 Å². The Balaban J connectivity index is 1.87. The molecule has 0 saturated carbocycles. The van der Waals surface area contributed by atoms with Crippen LogP contribution in [-0.4, -0.2) is 15.4 Å². The standard InChI is InChI=1S/C16H25N3O2/c1-11(2)8-14-9-13(19-21-14)6-7-16(4,5)10-15-18-17-12(3)20-15/h9,11H,6-8,10H2,1-5H3. The quantitative estimate of drug-likeness (QED) is 0.777. The molecule has 2 heterocycles. The lowest BCUT2D eigenvalue weighted by atomic mass is 9.84. The molecule has 2 aromatic rings. The third kappa shape index (κ3) is 4.99. The first-order chi connectivity index (χ1) is 9.84. The van der Waals surface area contributed by atoms with Crippen molar-refractivity contribution in [2.75, 3.05) is 0 Å². The van der Waals surface area contributed by atoms with Gasteiger partial charge in [0.05, 0.1) is 5.69 Å². The van der Waals surface area contributed by atoms with Gasteiger partial charge in [-0.1, -0.05) is 32.9 Å². The van der Waals surface area contributed by atoms with Gasteiger partial charge in [-0.25, -0.2) is 0 Å².